The van der Waals surface area contributed by atoms with Crippen molar-refractivity contribution in [1.29, 1.82) is 0 Å². The number of nitrogens with zero attached hydrogens (tertiary/aromatic N) is 9. The van der Waals surface area contributed by atoms with Crippen LogP contribution < -0.4 is 41.7 Å². The third-order valence-corrected chi connectivity index (χ3v) is 21.4. The highest BCUT2D eigenvalue weighted by molar-refractivity contribution is 7.13. The van der Waals surface area contributed by atoms with E-state index in [1.165, 1.54) is 23.4 Å². The van der Waals surface area contributed by atoms with Gasteiger partial charge in [0, 0.05) is 122 Å². The molecular weight excluding hydrogens is 1250 g/mol. The average Bonchev–Trinajstić information content (AvgIpc) is 0.894. The van der Waals surface area contributed by atoms with Crippen molar-refractivity contribution in [3.05, 3.63) is 82.8 Å². The van der Waals surface area contributed by atoms with Crippen LogP contribution in [0.3, 0.4) is 0 Å². The molecular formula is C70H101F2N15O8S. The molecule has 26 heteroatoms. The second-order valence-corrected chi connectivity index (χ2v) is 30.4. The van der Waals surface area contributed by atoms with Crippen LogP contribution in [0.25, 0.3) is 10.4 Å². The van der Waals surface area contributed by atoms with Crippen LogP contribution in [-0.4, -0.2) is 217 Å². The standard InChI is InChI=1S/C70H101F2N15O8S/c1-47(49-9-11-50(12-10-49)63-48(2)78-46-96-63)79-65(93)56-36-52(88)40-87(56)66(94)64(67(3,4)5)80-61(91)14-13-59(89)75-24-33-95-34-32-84-29-19-69(43-84)18-28-83(42-69)25-15-60(90)74-23-8-22-73-57-38-58(77-45-76-57)85-30-20-70(21-31-85)44-86(41-62(92)81-70)55-37-53(71)51(35-54(55)72)39-82-26-16-68(6,7)17-27-82/h9-12,35,37-38,45-47,52,56,64,88H,8,13-34,36,39-44H2,1-7H3,(H,74,90)(H,75,89)(H,79,93)(H,80,91)(H,81,92)(H,73,76,77)/t47-,52+,56-,64+,69+/m0/s1. The van der Waals surface area contributed by atoms with Gasteiger partial charge in [-0.1, -0.05) is 58.9 Å². The smallest absolute Gasteiger partial charge is 0.246 e. The number of aliphatic hydroxyl groups excluding tert-OH is 1. The Morgan fingerprint density at radius 1 is 0.771 bits per heavy atom. The number of carbonyl (C=O) groups excluding carboxylic acids is 6. The van der Waals surface area contributed by atoms with Gasteiger partial charge >= 0.3 is 0 Å². The number of hydrogen-bond donors (Lipinski definition) is 7. The molecule has 6 aliphatic heterocycles. The lowest BCUT2D eigenvalue weighted by Crippen LogP contribution is -2.66. The summed E-state index contributed by atoms with van der Waals surface area (Å²) in [5.74, 6) is -1.37. The second-order valence-electron chi connectivity index (χ2n) is 29.5. The molecule has 524 valence electrons. The molecule has 6 saturated heterocycles. The van der Waals surface area contributed by atoms with Crippen LogP contribution in [0.1, 0.15) is 135 Å². The lowest BCUT2D eigenvalue weighted by Gasteiger charge is -2.48. The van der Waals surface area contributed by atoms with E-state index >= 15 is 8.78 Å². The summed E-state index contributed by atoms with van der Waals surface area (Å²) in [5, 5.41) is 29.0. The fourth-order valence-corrected chi connectivity index (χ4v) is 15.3. The Morgan fingerprint density at radius 3 is 2.17 bits per heavy atom. The van der Waals surface area contributed by atoms with E-state index in [9.17, 15) is 33.9 Å². The van der Waals surface area contributed by atoms with Crippen molar-refractivity contribution < 1.29 is 47.4 Å². The average molecular weight is 1350 g/mol. The number of thiazole rings is 1. The van der Waals surface area contributed by atoms with E-state index in [0.29, 0.717) is 96.1 Å². The number of nitrogens with one attached hydrogen (secondary N) is 6. The lowest BCUT2D eigenvalue weighted by molar-refractivity contribution is -0.144. The van der Waals surface area contributed by atoms with Gasteiger partial charge in [-0.05, 0) is 118 Å². The van der Waals surface area contributed by atoms with Gasteiger partial charge in [-0.2, -0.15) is 0 Å². The van der Waals surface area contributed by atoms with Crippen LogP contribution in [-0.2, 0) is 40.0 Å². The van der Waals surface area contributed by atoms with Gasteiger partial charge in [0.1, 0.15) is 41.7 Å². The molecule has 2 spiro atoms. The minimum Gasteiger partial charge on any atom is -0.391 e. The van der Waals surface area contributed by atoms with Crippen molar-refractivity contribution in [2.24, 2.45) is 16.2 Å². The monoisotopic (exact) mass is 1350 g/mol. The number of aromatic nitrogens is 3. The molecule has 0 bridgehead atoms. The van der Waals surface area contributed by atoms with Gasteiger partial charge in [0.2, 0.25) is 35.4 Å². The Kier molecular flexibility index (Phi) is 23.7. The van der Waals surface area contributed by atoms with E-state index in [1.807, 2.05) is 70.5 Å². The molecule has 96 heavy (non-hydrogen) atoms. The highest BCUT2D eigenvalue weighted by Gasteiger charge is 2.47. The number of carbonyl (C=O) groups is 6. The number of piperazine rings is 1. The van der Waals surface area contributed by atoms with Gasteiger partial charge in [-0.25, -0.2) is 23.7 Å². The Labute approximate surface area is 568 Å². The quantitative estimate of drug-likeness (QED) is 0.0349. The van der Waals surface area contributed by atoms with E-state index < -0.39 is 58.5 Å². The third-order valence-electron chi connectivity index (χ3n) is 20.4. The Balaban J connectivity index is 0.555. The number of hydrogen-bond acceptors (Lipinski definition) is 18. The number of likely N-dealkylation sites (tertiary alicyclic amines) is 4. The third kappa shape index (κ3) is 19.0. The highest BCUT2D eigenvalue weighted by atomic mass is 32.1. The molecule has 0 radical (unpaired) electrons. The summed E-state index contributed by atoms with van der Waals surface area (Å²) in [6.07, 6.45) is 7.01. The maximum atomic E-state index is 15.8. The molecule has 7 N–H and O–H groups in total. The molecule has 2 aromatic carbocycles. The molecule has 23 nitrogen and oxygen atoms in total. The van der Waals surface area contributed by atoms with E-state index in [-0.39, 0.29) is 79.2 Å². The van der Waals surface area contributed by atoms with Crippen LogP contribution in [0, 0.1) is 34.8 Å². The first kappa shape index (κ1) is 71.8. The number of aliphatic hydroxyl groups is 1. The normalized spacial score (nSPS) is 22.1. The molecule has 4 aromatic rings. The second kappa shape index (κ2) is 31.7. The summed E-state index contributed by atoms with van der Waals surface area (Å²) < 4.78 is 37.2. The largest absolute Gasteiger partial charge is 0.391 e. The first-order valence-corrected chi connectivity index (χ1v) is 35.4. The summed E-state index contributed by atoms with van der Waals surface area (Å²) in [5.41, 5.74) is 4.26. The maximum absolute atomic E-state index is 15.8. The number of rotatable bonds is 27. The highest BCUT2D eigenvalue weighted by Crippen LogP contribution is 2.40. The summed E-state index contributed by atoms with van der Waals surface area (Å²) >= 11 is 1.57. The fraction of sp³-hybridized carbons (Fsp3) is 0.643. The zero-order chi connectivity index (χ0) is 68.4. The molecule has 2 aromatic heterocycles. The van der Waals surface area contributed by atoms with Crippen LogP contribution in [0.4, 0.5) is 26.1 Å². The summed E-state index contributed by atoms with van der Waals surface area (Å²) in [7, 11) is 0. The first-order chi connectivity index (χ1) is 45.8. The van der Waals surface area contributed by atoms with Crippen molar-refractivity contribution in [3.8, 4) is 10.4 Å². The molecule has 0 saturated carbocycles. The SMILES string of the molecule is Cc1ncsc1-c1ccc([C@H](C)NC(=O)[C@@H]2C[C@@H](O)CN2C(=O)[C@@H](NC(=O)CCC(=O)NCCOCCN2CC[C@@]3(CCN(CCC(=O)NCCCNc4cc(N5CCC6(CC5)CN(c5cc(F)c(CN7CCC(C)(C)CC7)cc5F)CC(=O)N6)ncn4)C3)C2)C(C)(C)C)cc1. The van der Waals surface area contributed by atoms with Gasteiger partial charge in [0.25, 0.3) is 0 Å². The summed E-state index contributed by atoms with van der Waals surface area (Å²) in [4.78, 5) is 107. The Bertz CT molecular complexity index is 3350. The topological polar surface area (TPSA) is 262 Å². The Morgan fingerprint density at radius 2 is 1.46 bits per heavy atom. The number of piperidine rings is 2. The van der Waals surface area contributed by atoms with Crippen molar-refractivity contribution in [2.45, 2.75) is 155 Å². The number of β-amino-alcohol motifs (C(OH)–C–C–N with tert-alkyl or cyclic N) is 1. The lowest BCUT2D eigenvalue weighted by atomic mass is 9.82. The van der Waals surface area contributed by atoms with E-state index in [2.05, 4.69) is 80.3 Å². The van der Waals surface area contributed by atoms with Crippen LogP contribution in [0.2, 0.25) is 0 Å². The van der Waals surface area contributed by atoms with Crippen LogP contribution in [0.5, 0.6) is 0 Å². The zero-order valence-electron chi connectivity index (χ0n) is 57.2. The van der Waals surface area contributed by atoms with E-state index in [1.54, 1.807) is 16.2 Å². The minimum atomic E-state index is -1.01. The van der Waals surface area contributed by atoms with Gasteiger partial charge in [-0.15, -0.1) is 11.3 Å². The van der Waals surface area contributed by atoms with Crippen LogP contribution in [0.15, 0.2) is 54.3 Å². The first-order valence-electron chi connectivity index (χ1n) is 34.5. The number of benzene rings is 2. The number of amides is 6. The number of ether oxygens (including phenoxy) is 1. The van der Waals surface area contributed by atoms with Crippen LogP contribution >= 0.6 is 11.3 Å². The minimum absolute atomic E-state index is 0.0267. The zero-order valence-corrected chi connectivity index (χ0v) is 58.0. The van der Waals surface area contributed by atoms with Crippen molar-refractivity contribution in [2.75, 3.05) is 133 Å². The molecule has 0 unspecified atom stereocenters. The number of halogens is 2. The molecule has 6 amide bonds. The molecule has 6 aliphatic rings. The molecule has 8 heterocycles. The van der Waals surface area contributed by atoms with Gasteiger partial charge < -0.3 is 66.2 Å². The van der Waals surface area contributed by atoms with E-state index in [4.69, 9.17) is 4.74 Å². The molecule has 5 atom stereocenters. The maximum Gasteiger partial charge on any atom is 0.246 e. The van der Waals surface area contributed by atoms with Crippen molar-refractivity contribution >= 4 is 64.1 Å². The summed E-state index contributed by atoms with van der Waals surface area (Å²) in [6, 6.07) is 10.1. The summed E-state index contributed by atoms with van der Waals surface area (Å²) in [6.45, 7) is 24.9. The van der Waals surface area contributed by atoms with Gasteiger partial charge in [0.05, 0.1) is 59.2 Å². The molecule has 0 aliphatic carbocycles. The van der Waals surface area contributed by atoms with Crippen molar-refractivity contribution in [3.63, 3.8) is 0 Å². The predicted octanol–water partition coefficient (Wildman–Crippen LogP) is 5.77. The van der Waals surface area contributed by atoms with Crippen molar-refractivity contribution in [1.82, 2.24) is 61.1 Å². The number of anilines is 3. The Hall–Kier alpha value is -6.97. The van der Waals surface area contributed by atoms with Gasteiger partial charge in [-0.3, -0.25) is 33.7 Å². The molecule has 10 rings (SSSR count). The number of aryl methyl sites for hydroxylation is 1. The van der Waals surface area contributed by atoms with Gasteiger partial charge in [0.15, 0.2) is 0 Å². The fourth-order valence-electron chi connectivity index (χ4n) is 14.5. The molecule has 6 fully saturated rings. The van der Waals surface area contributed by atoms with E-state index in [0.717, 1.165) is 99.0 Å². The predicted molar refractivity (Wildman–Crippen MR) is 366 cm³/mol.